The van der Waals surface area contributed by atoms with Crippen LogP contribution in [0.3, 0.4) is 0 Å². The summed E-state index contributed by atoms with van der Waals surface area (Å²) in [6.45, 7) is 6.48. The zero-order valence-electron chi connectivity index (χ0n) is 17.8. The Kier molecular flexibility index (Phi) is 5.33. The van der Waals surface area contributed by atoms with Crippen molar-refractivity contribution in [1.82, 2.24) is 20.4 Å². The smallest absolute Gasteiger partial charge is 0.131 e. The van der Waals surface area contributed by atoms with E-state index >= 15 is 0 Å². The number of hydrogen-bond acceptors (Lipinski definition) is 7. The first-order chi connectivity index (χ1) is 15.2. The van der Waals surface area contributed by atoms with Crippen LogP contribution in [0.4, 0.5) is 0 Å². The van der Waals surface area contributed by atoms with E-state index in [2.05, 4.69) is 43.6 Å². The van der Waals surface area contributed by atoms with Crippen LogP contribution in [0.2, 0.25) is 0 Å². The van der Waals surface area contributed by atoms with E-state index in [9.17, 15) is 5.11 Å². The minimum atomic E-state index is -0.114. The van der Waals surface area contributed by atoms with E-state index in [0.717, 1.165) is 69.0 Å². The summed E-state index contributed by atoms with van der Waals surface area (Å²) in [5.74, 6) is 1.16. The molecule has 5 rings (SSSR count). The molecule has 1 aromatic carbocycles. The lowest BCUT2D eigenvalue weighted by molar-refractivity contribution is -0.0545. The molecule has 31 heavy (non-hydrogen) atoms. The summed E-state index contributed by atoms with van der Waals surface area (Å²) in [5, 5.41) is 30.1. The topological polar surface area (TPSA) is 98.1 Å². The van der Waals surface area contributed by atoms with Crippen LogP contribution >= 0.6 is 0 Å². The first-order valence-corrected chi connectivity index (χ1v) is 10.9. The van der Waals surface area contributed by atoms with Crippen molar-refractivity contribution < 1.29 is 9.84 Å². The van der Waals surface area contributed by atoms with Crippen LogP contribution in [0.5, 0.6) is 5.75 Å². The second kappa shape index (κ2) is 8.28. The molecule has 1 atom stereocenters. The molecule has 1 unspecified atom stereocenters. The van der Waals surface area contributed by atoms with Crippen molar-refractivity contribution in [2.75, 3.05) is 32.8 Å². The highest BCUT2D eigenvalue weighted by Crippen LogP contribution is 2.31. The number of nitrogens with zero attached hydrogens (tertiary/aromatic N) is 4. The number of nitrogens with one attached hydrogen (secondary N) is 2. The van der Waals surface area contributed by atoms with Gasteiger partial charge in [0.25, 0.3) is 0 Å². The van der Waals surface area contributed by atoms with Gasteiger partial charge in [-0.25, -0.2) is 0 Å². The molecule has 0 saturated carbocycles. The van der Waals surface area contributed by atoms with E-state index < -0.39 is 0 Å². The quantitative estimate of drug-likeness (QED) is 0.709. The third kappa shape index (κ3) is 4.00. The Hall–Kier alpha value is -2.97. The standard InChI is InChI=1S/C23H28N6O2/c1-2-16-9-20(19-4-3-17(11-21(19)30)18-12-25-26-13-18)27-28-22(10-16)29-7-5-23(15-29)14-24-6-8-31-23/h3-4,9,11-13,24,30H,2,5-8,10,14-15H2,1H3,(H,25,26). The molecule has 3 aliphatic heterocycles. The molecule has 0 bridgehead atoms. The van der Waals surface area contributed by atoms with Gasteiger partial charge in [-0.1, -0.05) is 18.6 Å². The fourth-order valence-electron chi connectivity index (χ4n) is 4.53. The Balaban J connectivity index is 1.42. The molecule has 3 aliphatic rings. The summed E-state index contributed by atoms with van der Waals surface area (Å²) >= 11 is 0. The van der Waals surface area contributed by atoms with Crippen LogP contribution in [-0.4, -0.2) is 70.1 Å². The van der Waals surface area contributed by atoms with Gasteiger partial charge in [-0.2, -0.15) is 5.10 Å². The molecule has 2 saturated heterocycles. The number of phenolic OH excluding ortho intramolecular Hbond substituents is 1. The summed E-state index contributed by atoms with van der Waals surface area (Å²) in [4.78, 5) is 2.31. The molecule has 2 aromatic rings. The summed E-state index contributed by atoms with van der Waals surface area (Å²) < 4.78 is 6.13. The van der Waals surface area contributed by atoms with Crippen LogP contribution in [0.15, 0.2) is 52.4 Å². The summed E-state index contributed by atoms with van der Waals surface area (Å²) in [5.41, 5.74) is 4.33. The third-order valence-electron chi connectivity index (χ3n) is 6.37. The second-order valence-corrected chi connectivity index (χ2v) is 8.43. The van der Waals surface area contributed by atoms with E-state index in [1.807, 2.05) is 12.1 Å². The first kappa shape index (κ1) is 20.0. The number of hydrogen-bond donors (Lipinski definition) is 3. The van der Waals surface area contributed by atoms with Gasteiger partial charge in [-0.3, -0.25) is 5.10 Å². The van der Waals surface area contributed by atoms with E-state index in [-0.39, 0.29) is 11.4 Å². The van der Waals surface area contributed by atoms with Crippen molar-refractivity contribution in [2.45, 2.75) is 31.8 Å². The van der Waals surface area contributed by atoms with Crippen molar-refractivity contribution in [3.8, 4) is 16.9 Å². The van der Waals surface area contributed by atoms with Crippen LogP contribution < -0.4 is 5.32 Å². The van der Waals surface area contributed by atoms with Crippen molar-refractivity contribution in [3.63, 3.8) is 0 Å². The van der Waals surface area contributed by atoms with Gasteiger partial charge in [0.05, 0.1) is 24.1 Å². The third-order valence-corrected chi connectivity index (χ3v) is 6.37. The fraction of sp³-hybridized carbons (Fsp3) is 0.435. The molecule has 3 N–H and O–H groups in total. The Labute approximate surface area is 181 Å². The number of benzene rings is 1. The van der Waals surface area contributed by atoms with Crippen molar-refractivity contribution >= 4 is 11.5 Å². The summed E-state index contributed by atoms with van der Waals surface area (Å²) in [6, 6.07) is 5.61. The van der Waals surface area contributed by atoms with Gasteiger partial charge < -0.3 is 20.1 Å². The van der Waals surface area contributed by atoms with Crippen LogP contribution in [0.25, 0.3) is 11.1 Å². The molecule has 4 heterocycles. The van der Waals surface area contributed by atoms with Gasteiger partial charge in [-0.05, 0) is 36.6 Å². The van der Waals surface area contributed by atoms with Crippen LogP contribution in [0, 0.1) is 0 Å². The number of phenols is 1. The average molecular weight is 421 g/mol. The second-order valence-electron chi connectivity index (χ2n) is 8.43. The molecule has 162 valence electrons. The van der Waals surface area contributed by atoms with Gasteiger partial charge in [0, 0.05) is 49.9 Å². The predicted molar refractivity (Wildman–Crippen MR) is 120 cm³/mol. The molecule has 1 spiro atoms. The number of morpholine rings is 1. The minimum absolute atomic E-state index is 0.114. The van der Waals surface area contributed by atoms with E-state index in [1.165, 1.54) is 5.57 Å². The number of likely N-dealkylation sites (tertiary alicyclic amines) is 1. The van der Waals surface area contributed by atoms with Crippen LogP contribution in [-0.2, 0) is 4.74 Å². The maximum Gasteiger partial charge on any atom is 0.131 e. The zero-order chi connectivity index (χ0) is 21.3. The SMILES string of the molecule is CCC1=CC(c2ccc(-c3cn[nH]c3)cc2O)=NN=C(N2CCC3(CNCCO3)C2)C1. The predicted octanol–water partition coefficient (Wildman–Crippen LogP) is 2.69. The lowest BCUT2D eigenvalue weighted by Gasteiger charge is -2.34. The van der Waals surface area contributed by atoms with Crippen molar-refractivity contribution in [3.05, 3.63) is 47.8 Å². The number of rotatable bonds is 3. The molecule has 1 aromatic heterocycles. The lowest BCUT2D eigenvalue weighted by Crippen LogP contribution is -2.51. The van der Waals surface area contributed by atoms with E-state index in [4.69, 9.17) is 4.74 Å². The highest BCUT2D eigenvalue weighted by molar-refractivity contribution is 6.12. The number of aromatic amines is 1. The zero-order valence-corrected chi connectivity index (χ0v) is 17.8. The number of allylic oxidation sites excluding steroid dienone is 1. The van der Waals surface area contributed by atoms with Gasteiger partial charge >= 0.3 is 0 Å². The minimum Gasteiger partial charge on any atom is -0.507 e. The summed E-state index contributed by atoms with van der Waals surface area (Å²) in [6.07, 6.45) is 8.27. The molecule has 0 amide bonds. The van der Waals surface area contributed by atoms with Crippen molar-refractivity contribution in [1.29, 1.82) is 0 Å². The highest BCUT2D eigenvalue weighted by Gasteiger charge is 2.41. The number of aromatic hydroxyl groups is 1. The fourth-order valence-corrected chi connectivity index (χ4v) is 4.53. The monoisotopic (exact) mass is 420 g/mol. The first-order valence-electron chi connectivity index (χ1n) is 10.9. The average Bonchev–Trinajstić information content (AvgIpc) is 3.41. The molecular weight excluding hydrogens is 392 g/mol. The Morgan fingerprint density at radius 2 is 2.19 bits per heavy atom. The lowest BCUT2D eigenvalue weighted by atomic mass is 10.00. The van der Waals surface area contributed by atoms with Gasteiger partial charge in [0.15, 0.2) is 0 Å². The maximum absolute atomic E-state index is 10.7. The maximum atomic E-state index is 10.7. The summed E-state index contributed by atoms with van der Waals surface area (Å²) in [7, 11) is 0. The molecular formula is C23H28N6O2. The van der Waals surface area contributed by atoms with E-state index in [1.54, 1.807) is 18.5 Å². The Morgan fingerprint density at radius 3 is 2.94 bits per heavy atom. The number of aromatic nitrogens is 2. The normalized spacial score (nSPS) is 24.0. The molecule has 0 radical (unpaired) electrons. The number of H-pyrrole nitrogens is 1. The highest BCUT2D eigenvalue weighted by atomic mass is 16.5. The molecule has 8 nitrogen and oxygen atoms in total. The molecule has 8 heteroatoms. The van der Waals surface area contributed by atoms with E-state index in [0.29, 0.717) is 11.3 Å². The van der Waals surface area contributed by atoms with Crippen LogP contribution in [0.1, 0.15) is 31.7 Å². The molecule has 0 aliphatic carbocycles. The van der Waals surface area contributed by atoms with Gasteiger partial charge in [-0.15, -0.1) is 10.2 Å². The Bertz CT molecular complexity index is 1030. The molecule has 2 fully saturated rings. The largest absolute Gasteiger partial charge is 0.507 e. The van der Waals surface area contributed by atoms with Gasteiger partial charge in [0.2, 0.25) is 0 Å². The number of amidine groups is 1. The van der Waals surface area contributed by atoms with Gasteiger partial charge in [0.1, 0.15) is 11.6 Å². The Morgan fingerprint density at radius 1 is 1.26 bits per heavy atom. The van der Waals surface area contributed by atoms with Crippen molar-refractivity contribution in [2.24, 2.45) is 10.2 Å². The number of ether oxygens (including phenoxy) is 1.